The summed E-state index contributed by atoms with van der Waals surface area (Å²) in [4.78, 5) is 9.44. The van der Waals surface area contributed by atoms with Gasteiger partial charge in [0, 0.05) is 32.7 Å². The maximum atomic E-state index is 9.44. The van der Waals surface area contributed by atoms with Crippen LogP contribution in [0.2, 0.25) is 0 Å². The van der Waals surface area contributed by atoms with Gasteiger partial charge >= 0.3 is 0 Å². The van der Waals surface area contributed by atoms with Gasteiger partial charge in [0.15, 0.2) is 0 Å². The van der Waals surface area contributed by atoms with Gasteiger partial charge in [-0.1, -0.05) is 6.04 Å². The van der Waals surface area contributed by atoms with Gasteiger partial charge in [0.25, 0.3) is 0 Å². The van der Waals surface area contributed by atoms with Crippen LogP contribution in [0.4, 0.5) is 0 Å². The van der Waals surface area contributed by atoms with E-state index in [9.17, 15) is 4.79 Å². The Hall–Kier alpha value is 1.08. The molecule has 0 heterocycles. The first kappa shape index (κ1) is 16.0. The van der Waals surface area contributed by atoms with Gasteiger partial charge in [0.2, 0.25) is 0 Å². The first-order chi connectivity index (χ1) is 2.81. The SMILES string of the molecule is NC([C-]=O)CS.[CH3-].[Y]. The second kappa shape index (κ2) is 11.0. The summed E-state index contributed by atoms with van der Waals surface area (Å²) in [6.45, 7) is 0. The standard InChI is InChI=1S/C3H6NOS.CH3.Y/c4-3(1-5)2-6;;/h3,6H,2,4H2;1H3;/q2*-1;. The van der Waals surface area contributed by atoms with E-state index >= 15 is 0 Å². The molecule has 0 aliphatic heterocycles. The zero-order valence-corrected chi connectivity index (χ0v) is 8.53. The van der Waals surface area contributed by atoms with Crippen molar-refractivity contribution in [1.82, 2.24) is 0 Å². The minimum absolute atomic E-state index is 0. The van der Waals surface area contributed by atoms with Gasteiger partial charge in [-0.3, -0.25) is 0 Å². The molecule has 8 heavy (non-hydrogen) atoms. The van der Waals surface area contributed by atoms with Gasteiger partial charge in [0.05, 0.1) is 0 Å². The number of hydrogen-bond acceptors (Lipinski definition) is 3. The summed E-state index contributed by atoms with van der Waals surface area (Å²) < 4.78 is 0. The Morgan fingerprint density at radius 1 is 1.75 bits per heavy atom. The molecule has 0 rings (SSSR count). The normalized spacial score (nSPS) is 10.2. The molecule has 2 N–H and O–H groups in total. The van der Waals surface area contributed by atoms with E-state index in [0.717, 1.165) is 0 Å². The van der Waals surface area contributed by atoms with Gasteiger partial charge in [-0.25, -0.2) is 6.29 Å². The van der Waals surface area contributed by atoms with Crippen molar-refractivity contribution < 1.29 is 37.5 Å². The number of rotatable bonds is 2. The summed E-state index contributed by atoms with van der Waals surface area (Å²) in [5.74, 6) is 0.378. The average Bonchev–Trinajstić information content (AvgIpc) is 1.65. The molecule has 1 unspecified atom stereocenters. The van der Waals surface area contributed by atoms with Gasteiger partial charge in [-0.05, 0) is 5.75 Å². The smallest absolute Gasteiger partial charge is 0 e. The number of nitrogens with two attached hydrogens (primary N) is 1. The molecule has 0 spiro atoms. The fourth-order valence-corrected chi connectivity index (χ4v) is 0.112. The molecule has 0 aliphatic rings. The molecule has 2 nitrogen and oxygen atoms in total. The van der Waals surface area contributed by atoms with Crippen molar-refractivity contribution in [2.45, 2.75) is 6.04 Å². The monoisotopic (exact) mass is 208 g/mol. The van der Waals surface area contributed by atoms with Crippen molar-refractivity contribution in [3.05, 3.63) is 7.43 Å². The quantitative estimate of drug-likeness (QED) is 0.487. The van der Waals surface area contributed by atoms with Crippen LogP contribution in [0.25, 0.3) is 0 Å². The molecule has 0 aromatic rings. The minimum atomic E-state index is -0.506. The molecule has 0 bridgehead atoms. The largest absolute Gasteiger partial charge is 0.540 e. The van der Waals surface area contributed by atoms with Crippen LogP contribution < -0.4 is 5.73 Å². The summed E-state index contributed by atoms with van der Waals surface area (Å²) in [7, 11) is 0. The van der Waals surface area contributed by atoms with Gasteiger partial charge in [-0.15, -0.1) is 0 Å². The first-order valence-corrected chi connectivity index (χ1v) is 2.18. The molecule has 1 atom stereocenters. The Kier molecular flexibility index (Phi) is 22.0. The van der Waals surface area contributed by atoms with E-state index in [-0.39, 0.29) is 40.1 Å². The molecule has 1 radical (unpaired) electrons. The zero-order chi connectivity index (χ0) is 4.99. The second-order valence-electron chi connectivity index (χ2n) is 0.907. The Morgan fingerprint density at radius 3 is 2.12 bits per heavy atom. The molecule has 0 saturated carbocycles. The van der Waals surface area contributed by atoms with Crippen LogP contribution in [0, 0.1) is 7.43 Å². The average molecular weight is 208 g/mol. The van der Waals surface area contributed by atoms with Crippen LogP contribution in [0.15, 0.2) is 0 Å². The van der Waals surface area contributed by atoms with Crippen molar-refractivity contribution in [2.24, 2.45) is 5.73 Å². The summed E-state index contributed by atoms with van der Waals surface area (Å²) >= 11 is 3.71. The molecule has 0 fully saturated rings. The van der Waals surface area contributed by atoms with Crippen molar-refractivity contribution in [3.63, 3.8) is 0 Å². The first-order valence-electron chi connectivity index (χ1n) is 1.55. The van der Waals surface area contributed by atoms with Crippen LogP contribution in [0.3, 0.4) is 0 Å². The van der Waals surface area contributed by atoms with Crippen LogP contribution >= 0.6 is 12.6 Å². The molecule has 0 aliphatic carbocycles. The van der Waals surface area contributed by atoms with Crippen LogP contribution in [-0.4, -0.2) is 18.1 Å². The van der Waals surface area contributed by atoms with Gasteiger partial charge < -0.3 is 18.0 Å². The molecule has 0 amide bonds. The van der Waals surface area contributed by atoms with Crippen LogP contribution in [0.5, 0.6) is 0 Å². The number of hydrogen-bond donors (Lipinski definition) is 2. The number of thiol groups is 1. The molecule has 0 aromatic carbocycles. The summed E-state index contributed by atoms with van der Waals surface area (Å²) in [5.41, 5.74) is 4.97. The topological polar surface area (TPSA) is 43.1 Å². The third-order valence-corrected chi connectivity index (χ3v) is 0.741. The number of carbonyl (C=O) groups excluding carboxylic acids is 1. The maximum absolute atomic E-state index is 9.44. The van der Waals surface area contributed by atoms with E-state index < -0.39 is 6.04 Å². The predicted octanol–water partition coefficient (Wildman–Crippen LogP) is -0.199. The molecular formula is C4H9NOSY-2. The van der Waals surface area contributed by atoms with Crippen molar-refractivity contribution in [1.29, 1.82) is 0 Å². The van der Waals surface area contributed by atoms with Crippen molar-refractivity contribution in [2.75, 3.05) is 5.75 Å². The third kappa shape index (κ3) is 10.1. The molecule has 4 heteroatoms. The van der Waals surface area contributed by atoms with E-state index in [1.807, 2.05) is 0 Å². The van der Waals surface area contributed by atoms with E-state index in [2.05, 4.69) is 12.6 Å². The summed E-state index contributed by atoms with van der Waals surface area (Å²) in [6.07, 6.45) is 1.57. The molecule has 47 valence electrons. The maximum Gasteiger partial charge on any atom is 0 e. The Balaban J connectivity index is -0.000000125. The summed E-state index contributed by atoms with van der Waals surface area (Å²) in [6, 6.07) is -0.506. The van der Waals surface area contributed by atoms with Gasteiger partial charge in [0.1, 0.15) is 0 Å². The Morgan fingerprint density at radius 2 is 2.12 bits per heavy atom. The van der Waals surface area contributed by atoms with Crippen molar-refractivity contribution in [3.8, 4) is 0 Å². The molecular weight excluding hydrogens is 199 g/mol. The minimum Gasteiger partial charge on any atom is -0.540 e. The van der Waals surface area contributed by atoms with Gasteiger partial charge in [-0.2, -0.15) is 12.6 Å². The van der Waals surface area contributed by atoms with E-state index in [1.165, 1.54) is 0 Å². The fraction of sp³-hybridized carbons (Fsp3) is 0.500. The van der Waals surface area contributed by atoms with E-state index in [0.29, 0.717) is 5.75 Å². The van der Waals surface area contributed by atoms with Crippen LogP contribution in [0.1, 0.15) is 0 Å². The third-order valence-electron chi connectivity index (χ3n) is 0.348. The van der Waals surface area contributed by atoms with Crippen molar-refractivity contribution >= 4 is 18.9 Å². The summed E-state index contributed by atoms with van der Waals surface area (Å²) in [5, 5.41) is 0. The van der Waals surface area contributed by atoms with Crippen LogP contribution in [-0.2, 0) is 37.5 Å². The zero-order valence-electron chi connectivity index (χ0n) is 4.79. The van der Waals surface area contributed by atoms with E-state index in [1.54, 1.807) is 6.29 Å². The Bertz CT molecular complexity index is 53.3. The Labute approximate surface area is 80.9 Å². The second-order valence-corrected chi connectivity index (χ2v) is 1.27. The predicted molar refractivity (Wildman–Crippen MR) is 33.9 cm³/mol. The molecule has 0 saturated heterocycles. The fourth-order valence-electron chi connectivity index (χ4n) is 0.0373. The molecule has 0 aromatic heterocycles. The van der Waals surface area contributed by atoms with E-state index in [4.69, 9.17) is 5.73 Å².